The summed E-state index contributed by atoms with van der Waals surface area (Å²) in [6, 6.07) is 8.36. The van der Waals surface area contributed by atoms with Gasteiger partial charge in [-0.05, 0) is 42.9 Å². The molecule has 0 radical (unpaired) electrons. The smallest absolute Gasteiger partial charge is 0.226 e. The van der Waals surface area contributed by atoms with Gasteiger partial charge in [-0.25, -0.2) is 0 Å². The molecule has 30 heavy (non-hydrogen) atoms. The fourth-order valence-electron chi connectivity index (χ4n) is 4.30. The van der Waals surface area contributed by atoms with Crippen LogP contribution in [0.25, 0.3) is 0 Å². The number of fused-ring (bicyclic) bond motifs is 1. The van der Waals surface area contributed by atoms with Crippen molar-refractivity contribution < 1.29 is 4.79 Å². The van der Waals surface area contributed by atoms with Crippen LogP contribution in [0.15, 0.2) is 24.4 Å². The zero-order valence-electron chi connectivity index (χ0n) is 17.6. The number of carbonyl (C=O) groups is 1. The monoisotopic (exact) mass is 423 g/mol. The lowest BCUT2D eigenvalue weighted by Gasteiger charge is -2.34. The second-order valence-electron chi connectivity index (χ2n) is 8.40. The first kappa shape index (κ1) is 21.0. The van der Waals surface area contributed by atoms with Crippen LogP contribution in [-0.2, 0) is 24.2 Å². The third-order valence-electron chi connectivity index (χ3n) is 6.11. The van der Waals surface area contributed by atoms with E-state index in [4.69, 9.17) is 0 Å². The summed E-state index contributed by atoms with van der Waals surface area (Å²) in [5, 5.41) is 13.4. The van der Waals surface area contributed by atoms with Crippen LogP contribution < -0.4 is 5.32 Å². The number of pyridine rings is 1. The number of nitriles is 1. The van der Waals surface area contributed by atoms with Crippen molar-refractivity contribution in [2.75, 3.05) is 38.0 Å². The Hall–Kier alpha value is -2.27. The Morgan fingerprint density at radius 2 is 2.10 bits per heavy atom. The van der Waals surface area contributed by atoms with Crippen molar-refractivity contribution in [1.82, 2.24) is 14.8 Å². The molecule has 2 aliphatic rings. The van der Waals surface area contributed by atoms with Crippen LogP contribution in [0.3, 0.4) is 0 Å². The van der Waals surface area contributed by atoms with Crippen LogP contribution in [0.1, 0.15) is 41.5 Å². The molecule has 2 aromatic heterocycles. The van der Waals surface area contributed by atoms with Gasteiger partial charge in [-0.3, -0.25) is 14.7 Å². The van der Waals surface area contributed by atoms with Crippen LogP contribution in [0.4, 0.5) is 5.00 Å². The Bertz CT molecular complexity index is 912. The summed E-state index contributed by atoms with van der Waals surface area (Å²) in [7, 11) is 0. The number of hydrogen-bond acceptors (Lipinski definition) is 6. The largest absolute Gasteiger partial charge is 0.317 e. The molecule has 0 bridgehead atoms. The lowest BCUT2D eigenvalue weighted by atomic mass is 9.89. The molecule has 1 aliphatic carbocycles. The van der Waals surface area contributed by atoms with E-state index in [0.29, 0.717) is 17.9 Å². The molecule has 6 nitrogen and oxygen atoms in total. The van der Waals surface area contributed by atoms with E-state index < -0.39 is 0 Å². The number of carbonyl (C=O) groups excluding carboxylic acids is 1. The Morgan fingerprint density at radius 3 is 2.83 bits per heavy atom. The van der Waals surface area contributed by atoms with E-state index >= 15 is 0 Å². The number of nitrogens with one attached hydrogen (secondary N) is 1. The highest BCUT2D eigenvalue weighted by Gasteiger charge is 2.25. The minimum Gasteiger partial charge on any atom is -0.317 e. The number of piperazine rings is 1. The Labute approximate surface area is 182 Å². The molecular formula is C23H29N5OS. The van der Waals surface area contributed by atoms with Crippen molar-refractivity contribution in [3.05, 3.63) is 46.1 Å². The van der Waals surface area contributed by atoms with Crippen molar-refractivity contribution >= 4 is 22.2 Å². The second kappa shape index (κ2) is 9.69. The molecule has 158 valence electrons. The number of hydrogen-bond donors (Lipinski definition) is 1. The van der Waals surface area contributed by atoms with E-state index in [2.05, 4.69) is 39.2 Å². The molecule has 1 unspecified atom stereocenters. The lowest BCUT2D eigenvalue weighted by molar-refractivity contribution is -0.116. The Morgan fingerprint density at radius 1 is 1.30 bits per heavy atom. The van der Waals surface area contributed by atoms with E-state index in [1.54, 1.807) is 11.3 Å². The fourth-order valence-corrected chi connectivity index (χ4v) is 5.68. The summed E-state index contributed by atoms with van der Waals surface area (Å²) in [4.78, 5) is 23.0. The average Bonchev–Trinajstić information content (AvgIpc) is 3.09. The first-order valence-electron chi connectivity index (χ1n) is 10.8. The highest BCUT2D eigenvalue weighted by Crippen LogP contribution is 2.39. The van der Waals surface area contributed by atoms with Crippen molar-refractivity contribution in [1.29, 1.82) is 5.26 Å². The predicted molar refractivity (Wildman–Crippen MR) is 119 cm³/mol. The van der Waals surface area contributed by atoms with Gasteiger partial charge in [0, 0.05) is 56.8 Å². The number of anilines is 1. The van der Waals surface area contributed by atoms with Crippen molar-refractivity contribution in [3.8, 4) is 6.07 Å². The summed E-state index contributed by atoms with van der Waals surface area (Å²) < 4.78 is 0. The van der Waals surface area contributed by atoms with Gasteiger partial charge >= 0.3 is 0 Å². The summed E-state index contributed by atoms with van der Waals surface area (Å²) in [6.07, 6.45) is 5.40. The van der Waals surface area contributed by atoms with Gasteiger partial charge in [0.05, 0.1) is 11.3 Å². The zero-order chi connectivity index (χ0) is 20.9. The number of nitrogens with zero attached hydrogens (tertiary/aromatic N) is 4. The first-order valence-corrected chi connectivity index (χ1v) is 11.6. The first-order chi connectivity index (χ1) is 14.6. The van der Waals surface area contributed by atoms with Crippen LogP contribution in [0, 0.1) is 17.2 Å². The Balaban J connectivity index is 1.24. The van der Waals surface area contributed by atoms with E-state index in [9.17, 15) is 10.1 Å². The molecule has 1 saturated heterocycles. The quantitative estimate of drug-likeness (QED) is 0.772. The molecular weight excluding hydrogens is 394 g/mol. The zero-order valence-corrected chi connectivity index (χ0v) is 18.4. The molecule has 1 fully saturated rings. The van der Waals surface area contributed by atoms with E-state index in [1.165, 1.54) is 10.4 Å². The van der Waals surface area contributed by atoms with E-state index in [-0.39, 0.29) is 5.91 Å². The van der Waals surface area contributed by atoms with Crippen molar-refractivity contribution in [2.45, 2.75) is 39.2 Å². The summed E-state index contributed by atoms with van der Waals surface area (Å²) in [5.74, 6) is 0.664. The lowest BCUT2D eigenvalue weighted by Crippen LogP contribution is -2.46. The summed E-state index contributed by atoms with van der Waals surface area (Å²) in [6.45, 7) is 7.81. The minimum absolute atomic E-state index is 0.00839. The van der Waals surface area contributed by atoms with Crippen molar-refractivity contribution in [3.63, 3.8) is 0 Å². The molecule has 1 atom stereocenters. The molecule has 0 aromatic carbocycles. The van der Waals surface area contributed by atoms with E-state index in [1.807, 2.05) is 18.3 Å². The standard InChI is InChI=1S/C23H29N5OS/c1-17-5-6-19-20(15-24)23(30-21(19)14-17)26-22(29)7-9-27-10-12-28(13-11-27)16-18-4-2-3-8-25-18/h2-4,8,17H,5-7,9-14,16H2,1H3,(H,26,29). The number of rotatable bonds is 6. The molecule has 7 heteroatoms. The van der Waals surface area contributed by atoms with Gasteiger partial charge in [0.2, 0.25) is 5.91 Å². The van der Waals surface area contributed by atoms with Crippen molar-refractivity contribution in [2.24, 2.45) is 5.92 Å². The van der Waals surface area contributed by atoms with Gasteiger partial charge < -0.3 is 10.2 Å². The van der Waals surface area contributed by atoms with Crippen LogP contribution in [-0.4, -0.2) is 53.4 Å². The van der Waals surface area contributed by atoms with Gasteiger partial charge in [0.1, 0.15) is 11.1 Å². The van der Waals surface area contributed by atoms with Crippen LogP contribution >= 0.6 is 11.3 Å². The topological polar surface area (TPSA) is 72.3 Å². The summed E-state index contributed by atoms with van der Waals surface area (Å²) in [5.41, 5.74) is 2.96. The third kappa shape index (κ3) is 5.07. The SMILES string of the molecule is CC1CCc2c(sc(NC(=O)CCN3CCN(Cc4ccccn4)CC3)c2C#N)C1. The van der Waals surface area contributed by atoms with Crippen LogP contribution in [0.2, 0.25) is 0 Å². The molecule has 4 rings (SSSR count). The second-order valence-corrected chi connectivity index (χ2v) is 9.51. The number of aromatic nitrogens is 1. The molecule has 1 amide bonds. The maximum Gasteiger partial charge on any atom is 0.226 e. The molecule has 1 aliphatic heterocycles. The van der Waals surface area contributed by atoms with Gasteiger partial charge in [0.15, 0.2) is 0 Å². The molecule has 0 spiro atoms. The maximum absolute atomic E-state index is 12.5. The molecule has 0 saturated carbocycles. The van der Waals surface area contributed by atoms with Gasteiger partial charge in [0.25, 0.3) is 0 Å². The number of amides is 1. The molecule has 2 aromatic rings. The normalized spacial score (nSPS) is 19.8. The third-order valence-corrected chi connectivity index (χ3v) is 7.28. The average molecular weight is 424 g/mol. The highest BCUT2D eigenvalue weighted by atomic mass is 32.1. The van der Waals surface area contributed by atoms with Gasteiger partial charge in [-0.2, -0.15) is 5.26 Å². The maximum atomic E-state index is 12.5. The molecule has 3 heterocycles. The predicted octanol–water partition coefficient (Wildman–Crippen LogP) is 3.29. The molecule has 1 N–H and O–H groups in total. The summed E-state index contributed by atoms with van der Waals surface area (Å²) >= 11 is 1.60. The van der Waals surface area contributed by atoms with E-state index in [0.717, 1.165) is 69.2 Å². The van der Waals surface area contributed by atoms with Gasteiger partial charge in [-0.15, -0.1) is 11.3 Å². The van der Waals surface area contributed by atoms with Gasteiger partial charge in [-0.1, -0.05) is 13.0 Å². The highest BCUT2D eigenvalue weighted by molar-refractivity contribution is 7.16. The Kier molecular flexibility index (Phi) is 6.78. The number of thiophene rings is 1. The minimum atomic E-state index is 0.00839. The fraction of sp³-hybridized carbons (Fsp3) is 0.522. The van der Waals surface area contributed by atoms with Crippen LogP contribution in [0.5, 0.6) is 0 Å².